The van der Waals surface area contributed by atoms with Crippen molar-refractivity contribution in [3.05, 3.63) is 0 Å². The van der Waals surface area contributed by atoms with E-state index >= 15 is 0 Å². The molecule has 0 amide bonds. The van der Waals surface area contributed by atoms with Crippen LogP contribution < -0.4 is 0 Å². The fraction of sp³-hybridized carbons (Fsp3) is 0.875. The van der Waals surface area contributed by atoms with Gasteiger partial charge in [-0.25, -0.2) is 0 Å². The number of carbonyl (C=O) groups excluding carboxylic acids is 1. The summed E-state index contributed by atoms with van der Waals surface area (Å²) in [7, 11) is 0. The fourth-order valence-electron chi connectivity index (χ4n) is 0.786. The van der Waals surface area contributed by atoms with Gasteiger partial charge in [-0.2, -0.15) is 0 Å². The maximum Gasteiger partial charge on any atom is 0.317 e. The number of esters is 1. The number of hydrogen-bond donors (Lipinski definition) is 0. The minimum Gasteiger partial charge on any atom is -0.772 e. The number of carbonyl (C=O) groups is 1. The van der Waals surface area contributed by atoms with Crippen LogP contribution >= 0.6 is 0 Å². The lowest BCUT2D eigenvalue weighted by Crippen LogP contribution is -2.24. The first kappa shape index (κ1) is 12.6. The molecular weight excluding hydrogens is 192 g/mol. The Labute approximate surface area is 80.9 Å². The molecule has 0 N–H and O–H groups in total. The molecule has 0 aromatic carbocycles. The summed E-state index contributed by atoms with van der Waals surface area (Å²) in [6, 6.07) is 0. The molecule has 0 bridgehead atoms. The molecule has 0 aliphatic heterocycles. The molecule has 0 aromatic heterocycles. The third-order valence-electron chi connectivity index (χ3n) is 2.00. The van der Waals surface area contributed by atoms with E-state index in [0.29, 0.717) is 0 Å². The molecule has 3 atom stereocenters. The third kappa shape index (κ3) is 5.76. The molecule has 0 rings (SSSR count). The fourth-order valence-corrected chi connectivity index (χ4v) is 1.05. The van der Waals surface area contributed by atoms with Crippen molar-refractivity contribution in [3.63, 3.8) is 0 Å². The van der Waals surface area contributed by atoms with Gasteiger partial charge in [0.1, 0.15) is 11.9 Å². The second kappa shape index (κ2) is 6.10. The van der Waals surface area contributed by atoms with Crippen LogP contribution in [-0.4, -0.2) is 26.6 Å². The molecule has 4 nitrogen and oxygen atoms in total. The summed E-state index contributed by atoms with van der Waals surface area (Å²) < 4.78 is 25.1. The molecule has 0 fully saturated rings. The smallest absolute Gasteiger partial charge is 0.317 e. The van der Waals surface area contributed by atoms with Gasteiger partial charge in [0.25, 0.3) is 0 Å². The molecule has 0 aliphatic carbocycles. The molecule has 0 saturated heterocycles. The van der Waals surface area contributed by atoms with Gasteiger partial charge >= 0.3 is 5.97 Å². The van der Waals surface area contributed by atoms with Gasteiger partial charge in [0.15, 0.2) is 0 Å². The monoisotopic (exact) mass is 207 g/mol. The van der Waals surface area contributed by atoms with Crippen molar-refractivity contribution in [2.45, 2.75) is 33.3 Å². The summed E-state index contributed by atoms with van der Waals surface area (Å²) in [4.78, 5) is 10.9. The lowest BCUT2D eigenvalue weighted by atomic mass is 10.0. The van der Waals surface area contributed by atoms with Gasteiger partial charge in [0.05, 0.1) is 0 Å². The average Bonchev–Trinajstić information content (AvgIpc) is 2.01. The van der Waals surface area contributed by atoms with Gasteiger partial charge in [-0.05, 0) is 23.9 Å². The second-order valence-electron chi connectivity index (χ2n) is 3.03. The van der Waals surface area contributed by atoms with E-state index in [1.807, 2.05) is 13.8 Å². The van der Waals surface area contributed by atoms with E-state index in [-0.39, 0.29) is 12.0 Å². The molecule has 78 valence electrons. The molecule has 13 heavy (non-hydrogen) atoms. The van der Waals surface area contributed by atoms with Crippen LogP contribution in [0.25, 0.3) is 0 Å². The normalized spacial score (nSPS) is 17.5. The zero-order valence-electron chi connectivity index (χ0n) is 8.11. The van der Waals surface area contributed by atoms with Gasteiger partial charge in [-0.3, -0.25) is 9.00 Å². The first-order chi connectivity index (χ1) is 5.97. The van der Waals surface area contributed by atoms with Crippen molar-refractivity contribution in [2.24, 2.45) is 5.92 Å². The zero-order chi connectivity index (χ0) is 10.4. The lowest BCUT2D eigenvalue weighted by molar-refractivity contribution is -0.147. The molecule has 0 saturated carbocycles. The van der Waals surface area contributed by atoms with Crippen molar-refractivity contribution < 1.29 is 18.3 Å². The van der Waals surface area contributed by atoms with Crippen molar-refractivity contribution in [1.82, 2.24) is 0 Å². The average molecular weight is 207 g/mol. The topological polar surface area (TPSA) is 66.4 Å². The first-order valence-corrected chi connectivity index (χ1v) is 5.47. The Hall–Kier alpha value is -0.420. The first-order valence-electron chi connectivity index (χ1n) is 4.22. The highest BCUT2D eigenvalue weighted by Crippen LogP contribution is 2.10. The Morgan fingerprint density at radius 3 is 2.46 bits per heavy atom. The van der Waals surface area contributed by atoms with E-state index in [4.69, 9.17) is 4.74 Å². The second-order valence-corrected chi connectivity index (χ2v) is 3.92. The zero-order valence-corrected chi connectivity index (χ0v) is 8.93. The Balaban J connectivity index is 3.84. The SMILES string of the molecule is CCC(C)C(C)OC(=O)CS(=O)[O-]. The van der Waals surface area contributed by atoms with Crippen molar-refractivity contribution in [2.75, 3.05) is 5.75 Å². The Morgan fingerprint density at radius 2 is 2.08 bits per heavy atom. The predicted molar refractivity (Wildman–Crippen MR) is 48.8 cm³/mol. The van der Waals surface area contributed by atoms with E-state index in [1.54, 1.807) is 6.92 Å². The number of hydrogen-bond acceptors (Lipinski definition) is 4. The van der Waals surface area contributed by atoms with Gasteiger partial charge in [0.2, 0.25) is 0 Å². The molecule has 0 aromatic rings. The Bertz CT molecular complexity index is 193. The number of ether oxygens (including phenoxy) is 1. The molecular formula is C8H15O4S-. The van der Waals surface area contributed by atoms with E-state index in [9.17, 15) is 13.6 Å². The maximum absolute atomic E-state index is 10.9. The van der Waals surface area contributed by atoms with Crippen LogP contribution in [-0.2, 0) is 20.6 Å². The van der Waals surface area contributed by atoms with Crippen molar-refractivity contribution in [3.8, 4) is 0 Å². The van der Waals surface area contributed by atoms with E-state index in [0.717, 1.165) is 6.42 Å². The van der Waals surface area contributed by atoms with E-state index < -0.39 is 22.8 Å². The summed E-state index contributed by atoms with van der Waals surface area (Å²) in [5, 5.41) is 0. The summed E-state index contributed by atoms with van der Waals surface area (Å²) >= 11 is -2.35. The minimum absolute atomic E-state index is 0.221. The summed E-state index contributed by atoms with van der Waals surface area (Å²) in [6.07, 6.45) is 0.676. The molecule has 5 heteroatoms. The maximum atomic E-state index is 10.9. The Kier molecular flexibility index (Phi) is 5.90. The van der Waals surface area contributed by atoms with Crippen LogP contribution in [0.4, 0.5) is 0 Å². The van der Waals surface area contributed by atoms with E-state index in [2.05, 4.69) is 0 Å². The van der Waals surface area contributed by atoms with Gasteiger partial charge in [-0.1, -0.05) is 20.3 Å². The highest BCUT2D eigenvalue weighted by Gasteiger charge is 2.14. The highest BCUT2D eigenvalue weighted by molar-refractivity contribution is 7.79. The van der Waals surface area contributed by atoms with Gasteiger partial charge in [0, 0.05) is 0 Å². The van der Waals surface area contributed by atoms with Crippen LogP contribution in [0.5, 0.6) is 0 Å². The van der Waals surface area contributed by atoms with Crippen LogP contribution in [0.1, 0.15) is 27.2 Å². The molecule has 0 heterocycles. The van der Waals surface area contributed by atoms with Crippen LogP contribution in [0, 0.1) is 5.92 Å². The summed E-state index contributed by atoms with van der Waals surface area (Å²) in [5.74, 6) is -0.981. The van der Waals surface area contributed by atoms with Gasteiger partial charge in [-0.15, -0.1) is 0 Å². The lowest BCUT2D eigenvalue weighted by Gasteiger charge is -2.19. The van der Waals surface area contributed by atoms with E-state index in [1.165, 1.54) is 0 Å². The quantitative estimate of drug-likeness (QED) is 0.495. The third-order valence-corrected chi connectivity index (χ3v) is 2.47. The number of rotatable bonds is 5. The highest BCUT2D eigenvalue weighted by atomic mass is 32.2. The summed E-state index contributed by atoms with van der Waals surface area (Å²) in [5.41, 5.74) is 0. The molecule has 3 unspecified atom stereocenters. The van der Waals surface area contributed by atoms with Crippen molar-refractivity contribution in [1.29, 1.82) is 0 Å². The van der Waals surface area contributed by atoms with Crippen molar-refractivity contribution >= 4 is 17.0 Å². The Morgan fingerprint density at radius 1 is 1.54 bits per heavy atom. The molecule has 0 aliphatic rings. The van der Waals surface area contributed by atoms with Gasteiger partial charge < -0.3 is 9.29 Å². The largest absolute Gasteiger partial charge is 0.772 e. The minimum atomic E-state index is -2.35. The predicted octanol–water partition coefficient (Wildman–Crippen LogP) is 0.843. The molecule has 0 spiro atoms. The standard InChI is InChI=1S/C8H16O4S/c1-4-6(2)7(3)12-8(9)5-13(10)11/h6-7H,4-5H2,1-3H3,(H,10,11)/p-1. The van der Waals surface area contributed by atoms with Crippen LogP contribution in [0.3, 0.4) is 0 Å². The summed E-state index contributed by atoms with van der Waals surface area (Å²) in [6.45, 7) is 5.70. The molecule has 0 radical (unpaired) electrons. The van der Waals surface area contributed by atoms with Crippen LogP contribution in [0.2, 0.25) is 0 Å². The van der Waals surface area contributed by atoms with Crippen LogP contribution in [0.15, 0.2) is 0 Å².